The Bertz CT molecular complexity index is 1010. The SMILES string of the molecule is CC(C)CN(CC(=O)N(Cc1ccccc1)Cc1cccs1)C(=O)Nc1ccccc1Br. The lowest BCUT2D eigenvalue weighted by atomic mass is 10.2. The van der Waals surface area contributed by atoms with Gasteiger partial charge in [-0.2, -0.15) is 0 Å². The van der Waals surface area contributed by atoms with Crippen molar-refractivity contribution in [3.63, 3.8) is 0 Å². The fourth-order valence-electron chi connectivity index (χ4n) is 3.31. The second-order valence-corrected chi connectivity index (χ2v) is 9.89. The van der Waals surface area contributed by atoms with Gasteiger partial charge in [0.25, 0.3) is 0 Å². The Labute approximate surface area is 202 Å². The number of carbonyl (C=O) groups is 2. The van der Waals surface area contributed by atoms with Crippen LogP contribution in [0.4, 0.5) is 10.5 Å². The van der Waals surface area contributed by atoms with E-state index in [2.05, 4.69) is 21.2 Å². The normalized spacial score (nSPS) is 10.8. The van der Waals surface area contributed by atoms with Crippen LogP contribution >= 0.6 is 27.3 Å². The van der Waals surface area contributed by atoms with Gasteiger partial charge in [-0.3, -0.25) is 4.79 Å². The average molecular weight is 514 g/mol. The molecule has 168 valence electrons. The van der Waals surface area contributed by atoms with Gasteiger partial charge in [-0.1, -0.05) is 62.4 Å². The Hall–Kier alpha value is -2.64. The van der Waals surface area contributed by atoms with E-state index in [1.54, 1.807) is 16.2 Å². The molecular weight excluding hydrogens is 486 g/mol. The van der Waals surface area contributed by atoms with E-state index in [4.69, 9.17) is 0 Å². The molecule has 1 heterocycles. The minimum atomic E-state index is -0.283. The van der Waals surface area contributed by atoms with Crippen LogP contribution in [0.15, 0.2) is 76.6 Å². The number of nitrogens with one attached hydrogen (secondary N) is 1. The Balaban J connectivity index is 1.76. The lowest BCUT2D eigenvalue weighted by Gasteiger charge is -2.29. The number of thiophene rings is 1. The van der Waals surface area contributed by atoms with Crippen LogP contribution in [0.1, 0.15) is 24.3 Å². The number of urea groups is 1. The zero-order valence-corrected chi connectivity index (χ0v) is 20.7. The minimum Gasteiger partial charge on any atom is -0.332 e. The largest absolute Gasteiger partial charge is 0.332 e. The van der Waals surface area contributed by atoms with Crippen LogP contribution in [-0.4, -0.2) is 34.8 Å². The summed E-state index contributed by atoms with van der Waals surface area (Å²) in [6.45, 7) is 5.60. The van der Waals surface area contributed by atoms with E-state index in [9.17, 15) is 9.59 Å². The fourth-order valence-corrected chi connectivity index (χ4v) is 4.41. The van der Waals surface area contributed by atoms with Crippen molar-refractivity contribution < 1.29 is 9.59 Å². The highest BCUT2D eigenvalue weighted by atomic mass is 79.9. The summed E-state index contributed by atoms with van der Waals surface area (Å²) in [6.07, 6.45) is 0. The first kappa shape index (κ1) is 24.0. The molecule has 3 rings (SSSR count). The van der Waals surface area contributed by atoms with Gasteiger partial charge >= 0.3 is 6.03 Å². The third-order valence-electron chi connectivity index (χ3n) is 4.81. The molecule has 0 saturated carbocycles. The van der Waals surface area contributed by atoms with Gasteiger partial charge in [-0.25, -0.2) is 4.79 Å². The van der Waals surface area contributed by atoms with Gasteiger partial charge in [0, 0.05) is 22.4 Å². The third kappa shape index (κ3) is 7.21. The Morgan fingerprint density at radius 3 is 2.31 bits per heavy atom. The second-order valence-electron chi connectivity index (χ2n) is 8.00. The maximum Gasteiger partial charge on any atom is 0.322 e. The van der Waals surface area contributed by atoms with E-state index in [0.717, 1.165) is 14.9 Å². The molecule has 0 bridgehead atoms. The average Bonchev–Trinajstić information content (AvgIpc) is 3.28. The van der Waals surface area contributed by atoms with Gasteiger partial charge in [0.15, 0.2) is 0 Å². The van der Waals surface area contributed by atoms with E-state index in [1.165, 1.54) is 0 Å². The molecule has 0 radical (unpaired) electrons. The molecule has 0 aliphatic rings. The van der Waals surface area contributed by atoms with Crippen molar-refractivity contribution in [1.29, 1.82) is 0 Å². The molecular formula is C25H28BrN3O2S. The maximum atomic E-state index is 13.4. The van der Waals surface area contributed by atoms with Gasteiger partial charge in [-0.05, 0) is 51.0 Å². The highest BCUT2D eigenvalue weighted by Gasteiger charge is 2.23. The smallest absolute Gasteiger partial charge is 0.322 e. The summed E-state index contributed by atoms with van der Waals surface area (Å²) in [5.41, 5.74) is 1.74. The van der Waals surface area contributed by atoms with Crippen molar-refractivity contribution in [2.24, 2.45) is 5.92 Å². The number of hydrogen-bond acceptors (Lipinski definition) is 3. The van der Waals surface area contributed by atoms with Gasteiger partial charge in [0.2, 0.25) is 5.91 Å². The van der Waals surface area contributed by atoms with Gasteiger partial charge < -0.3 is 15.1 Å². The molecule has 0 aliphatic carbocycles. The summed E-state index contributed by atoms with van der Waals surface area (Å²) in [5.74, 6) is 0.151. The summed E-state index contributed by atoms with van der Waals surface area (Å²) < 4.78 is 0.799. The summed E-state index contributed by atoms with van der Waals surface area (Å²) in [7, 11) is 0. The van der Waals surface area contributed by atoms with E-state index < -0.39 is 0 Å². The number of benzene rings is 2. The number of amides is 3. The van der Waals surface area contributed by atoms with Crippen LogP contribution < -0.4 is 5.32 Å². The minimum absolute atomic E-state index is 0.0205. The number of nitrogens with zero attached hydrogens (tertiary/aromatic N) is 2. The lowest BCUT2D eigenvalue weighted by Crippen LogP contribution is -2.45. The predicted octanol–water partition coefficient (Wildman–Crippen LogP) is 6.23. The van der Waals surface area contributed by atoms with E-state index in [-0.39, 0.29) is 24.4 Å². The van der Waals surface area contributed by atoms with Crippen LogP contribution in [0, 0.1) is 5.92 Å². The van der Waals surface area contributed by atoms with Gasteiger partial charge in [0.1, 0.15) is 6.54 Å². The van der Waals surface area contributed by atoms with Crippen molar-refractivity contribution in [2.75, 3.05) is 18.4 Å². The first-order valence-corrected chi connectivity index (χ1v) is 12.2. The zero-order chi connectivity index (χ0) is 22.9. The fraction of sp³-hybridized carbons (Fsp3) is 0.280. The monoisotopic (exact) mass is 513 g/mol. The van der Waals surface area contributed by atoms with Gasteiger partial charge in [0.05, 0.1) is 12.2 Å². The maximum absolute atomic E-state index is 13.4. The van der Waals surface area contributed by atoms with Crippen LogP contribution in [0.2, 0.25) is 0 Å². The summed E-state index contributed by atoms with van der Waals surface area (Å²) in [4.78, 5) is 31.0. The summed E-state index contributed by atoms with van der Waals surface area (Å²) >= 11 is 5.09. The van der Waals surface area contributed by atoms with Crippen molar-refractivity contribution >= 4 is 44.9 Å². The second kappa shape index (κ2) is 11.8. The standard InChI is InChI=1S/C25H28BrN3O2S/c1-19(2)15-29(25(31)27-23-13-7-6-12-22(23)26)18-24(30)28(17-21-11-8-14-32-21)16-20-9-4-3-5-10-20/h3-14,19H,15-18H2,1-2H3,(H,27,31). The van der Waals surface area contributed by atoms with Gasteiger partial charge in [-0.15, -0.1) is 11.3 Å². The summed E-state index contributed by atoms with van der Waals surface area (Å²) in [5, 5.41) is 4.94. The van der Waals surface area contributed by atoms with E-state index in [0.29, 0.717) is 25.3 Å². The number of anilines is 1. The van der Waals surface area contributed by atoms with Crippen molar-refractivity contribution in [2.45, 2.75) is 26.9 Å². The summed E-state index contributed by atoms with van der Waals surface area (Å²) in [6, 6.07) is 21.1. The molecule has 5 nitrogen and oxygen atoms in total. The molecule has 3 aromatic rings. The first-order valence-electron chi connectivity index (χ1n) is 10.6. The number of carbonyl (C=O) groups excluding carboxylic acids is 2. The molecule has 0 atom stereocenters. The zero-order valence-electron chi connectivity index (χ0n) is 18.3. The number of para-hydroxylation sites is 1. The molecule has 1 aromatic heterocycles. The van der Waals surface area contributed by atoms with Crippen LogP contribution in [-0.2, 0) is 17.9 Å². The molecule has 3 amide bonds. The van der Waals surface area contributed by atoms with Crippen LogP contribution in [0.25, 0.3) is 0 Å². The van der Waals surface area contributed by atoms with E-state index >= 15 is 0 Å². The predicted molar refractivity (Wildman–Crippen MR) is 135 cm³/mol. The van der Waals surface area contributed by atoms with Crippen molar-refractivity contribution in [1.82, 2.24) is 9.80 Å². The quantitative estimate of drug-likeness (QED) is 0.368. The molecule has 0 spiro atoms. The number of hydrogen-bond donors (Lipinski definition) is 1. The number of halogens is 1. The first-order chi connectivity index (χ1) is 15.4. The molecule has 1 N–H and O–H groups in total. The topological polar surface area (TPSA) is 52.7 Å². The molecule has 0 unspecified atom stereocenters. The lowest BCUT2D eigenvalue weighted by molar-refractivity contribution is -0.133. The third-order valence-corrected chi connectivity index (χ3v) is 6.36. The molecule has 7 heteroatoms. The number of rotatable bonds is 9. The van der Waals surface area contributed by atoms with Crippen molar-refractivity contribution in [3.05, 3.63) is 87.0 Å². The van der Waals surface area contributed by atoms with Crippen LogP contribution in [0.3, 0.4) is 0 Å². The Kier molecular flexibility index (Phi) is 8.88. The Morgan fingerprint density at radius 2 is 1.66 bits per heavy atom. The molecule has 2 aromatic carbocycles. The Morgan fingerprint density at radius 1 is 0.938 bits per heavy atom. The van der Waals surface area contributed by atoms with Crippen LogP contribution in [0.5, 0.6) is 0 Å². The molecule has 32 heavy (non-hydrogen) atoms. The molecule has 0 fully saturated rings. The highest BCUT2D eigenvalue weighted by molar-refractivity contribution is 9.10. The van der Waals surface area contributed by atoms with Crippen molar-refractivity contribution in [3.8, 4) is 0 Å². The molecule has 0 aliphatic heterocycles. The molecule has 0 saturated heterocycles. The highest BCUT2D eigenvalue weighted by Crippen LogP contribution is 2.22. The van der Waals surface area contributed by atoms with E-state index in [1.807, 2.05) is 90.9 Å².